The summed E-state index contributed by atoms with van der Waals surface area (Å²) in [7, 11) is 1.81. The molecule has 0 aliphatic rings. The highest BCUT2D eigenvalue weighted by Crippen LogP contribution is 2.25. The summed E-state index contributed by atoms with van der Waals surface area (Å²) < 4.78 is 1.67. The molecule has 1 aromatic heterocycles. The number of carbonyl (C=O) groups is 1. The van der Waals surface area contributed by atoms with Gasteiger partial charge in [0.05, 0.1) is 24.8 Å². The molecular formula is C15H17Cl2N3O2. The quantitative estimate of drug-likeness (QED) is 0.878. The van der Waals surface area contributed by atoms with Crippen LogP contribution in [0.4, 0.5) is 0 Å². The Bertz CT molecular complexity index is 652. The van der Waals surface area contributed by atoms with Gasteiger partial charge in [-0.2, -0.15) is 5.10 Å². The molecule has 0 aliphatic carbocycles. The van der Waals surface area contributed by atoms with Crippen LogP contribution >= 0.6 is 23.2 Å². The summed E-state index contributed by atoms with van der Waals surface area (Å²) in [6, 6.07) is 4.58. The van der Waals surface area contributed by atoms with Gasteiger partial charge in [-0.25, -0.2) is 0 Å². The molecule has 22 heavy (non-hydrogen) atoms. The van der Waals surface area contributed by atoms with Crippen molar-refractivity contribution in [3.8, 4) is 0 Å². The number of amides is 1. The van der Waals surface area contributed by atoms with Gasteiger partial charge in [0.15, 0.2) is 0 Å². The fourth-order valence-electron chi connectivity index (χ4n) is 2.11. The first-order chi connectivity index (χ1) is 10.3. The summed E-state index contributed by atoms with van der Waals surface area (Å²) in [5.74, 6) is -0.264. The van der Waals surface area contributed by atoms with E-state index in [0.29, 0.717) is 15.6 Å². The van der Waals surface area contributed by atoms with Crippen molar-refractivity contribution >= 4 is 29.1 Å². The van der Waals surface area contributed by atoms with E-state index in [-0.39, 0.29) is 18.4 Å². The van der Waals surface area contributed by atoms with Crippen molar-refractivity contribution in [2.45, 2.75) is 25.5 Å². The Morgan fingerprint density at radius 1 is 1.32 bits per heavy atom. The number of rotatable bonds is 5. The first kappa shape index (κ1) is 16.8. The minimum absolute atomic E-state index is 0.0682. The molecule has 2 rings (SSSR count). The molecule has 2 N–H and O–H groups in total. The molecule has 7 heteroatoms. The summed E-state index contributed by atoms with van der Waals surface area (Å²) in [5.41, 5.74) is 1.41. The second-order valence-corrected chi connectivity index (χ2v) is 6.03. The van der Waals surface area contributed by atoms with Gasteiger partial charge in [0.1, 0.15) is 0 Å². The van der Waals surface area contributed by atoms with Crippen LogP contribution < -0.4 is 5.32 Å². The van der Waals surface area contributed by atoms with Crippen molar-refractivity contribution in [1.82, 2.24) is 15.1 Å². The zero-order valence-electron chi connectivity index (χ0n) is 12.3. The van der Waals surface area contributed by atoms with Gasteiger partial charge in [-0.3, -0.25) is 9.48 Å². The Kier molecular flexibility index (Phi) is 5.45. The summed E-state index contributed by atoms with van der Waals surface area (Å²) in [5, 5.41) is 17.9. The van der Waals surface area contributed by atoms with Crippen LogP contribution in [0, 0.1) is 0 Å². The SMILES string of the molecule is C[C@@H](NC(=O)C[C@H](O)c1cc(Cl)cc(Cl)c1)c1cnn(C)c1. The molecule has 0 saturated heterocycles. The first-order valence-electron chi connectivity index (χ1n) is 6.77. The zero-order valence-corrected chi connectivity index (χ0v) is 13.8. The molecule has 2 atom stereocenters. The molecule has 1 heterocycles. The molecule has 2 aromatic rings. The van der Waals surface area contributed by atoms with Gasteiger partial charge >= 0.3 is 0 Å². The maximum atomic E-state index is 12.0. The predicted molar refractivity (Wildman–Crippen MR) is 85.8 cm³/mol. The van der Waals surface area contributed by atoms with Crippen LogP contribution in [0.1, 0.15) is 36.6 Å². The van der Waals surface area contributed by atoms with Gasteiger partial charge in [0, 0.05) is 28.9 Å². The third-order valence-electron chi connectivity index (χ3n) is 3.25. The number of aliphatic hydroxyl groups excluding tert-OH is 1. The lowest BCUT2D eigenvalue weighted by Gasteiger charge is -2.15. The standard InChI is InChI=1S/C15H17Cl2N3O2/c1-9(11-7-18-20(2)8-11)19-15(22)6-14(21)10-3-12(16)5-13(17)4-10/h3-5,7-9,14,21H,6H2,1-2H3,(H,19,22)/t9-,14+/m1/s1. The van der Waals surface area contributed by atoms with Gasteiger partial charge in [-0.15, -0.1) is 0 Å². The van der Waals surface area contributed by atoms with Crippen molar-refractivity contribution in [2.75, 3.05) is 0 Å². The maximum Gasteiger partial charge on any atom is 0.223 e. The summed E-state index contributed by atoms with van der Waals surface area (Å²) in [6.45, 7) is 1.86. The largest absolute Gasteiger partial charge is 0.388 e. The van der Waals surface area contributed by atoms with Gasteiger partial charge in [-0.05, 0) is 30.7 Å². The minimum atomic E-state index is -0.961. The average molecular weight is 342 g/mol. The smallest absolute Gasteiger partial charge is 0.223 e. The number of carbonyl (C=O) groups excluding carboxylic acids is 1. The van der Waals surface area contributed by atoms with E-state index in [9.17, 15) is 9.90 Å². The number of nitrogens with zero attached hydrogens (tertiary/aromatic N) is 2. The summed E-state index contributed by atoms with van der Waals surface area (Å²) >= 11 is 11.8. The van der Waals surface area contributed by atoms with Crippen LogP contribution in [-0.2, 0) is 11.8 Å². The molecule has 0 spiro atoms. The van der Waals surface area contributed by atoms with E-state index in [2.05, 4.69) is 10.4 Å². The van der Waals surface area contributed by atoms with E-state index in [0.717, 1.165) is 5.56 Å². The van der Waals surface area contributed by atoms with Crippen molar-refractivity contribution in [2.24, 2.45) is 7.05 Å². The molecule has 0 saturated carbocycles. The number of nitrogens with one attached hydrogen (secondary N) is 1. The topological polar surface area (TPSA) is 67.2 Å². The Balaban J connectivity index is 1.96. The van der Waals surface area contributed by atoms with Gasteiger partial charge < -0.3 is 10.4 Å². The molecule has 0 aliphatic heterocycles. The van der Waals surface area contributed by atoms with Crippen LogP contribution in [-0.4, -0.2) is 20.8 Å². The van der Waals surface area contributed by atoms with Gasteiger partial charge in [0.25, 0.3) is 0 Å². The molecule has 0 fully saturated rings. The fourth-order valence-corrected chi connectivity index (χ4v) is 2.65. The monoisotopic (exact) mass is 341 g/mol. The lowest BCUT2D eigenvalue weighted by molar-refractivity contribution is -0.123. The minimum Gasteiger partial charge on any atom is -0.388 e. The van der Waals surface area contributed by atoms with Crippen LogP contribution in [0.5, 0.6) is 0 Å². The molecule has 5 nitrogen and oxygen atoms in total. The Labute approximate surface area is 138 Å². The number of aromatic nitrogens is 2. The molecule has 1 aromatic carbocycles. The Morgan fingerprint density at radius 2 is 1.95 bits per heavy atom. The second-order valence-electron chi connectivity index (χ2n) is 5.16. The van der Waals surface area contributed by atoms with E-state index < -0.39 is 6.10 Å². The zero-order chi connectivity index (χ0) is 16.3. The van der Waals surface area contributed by atoms with Crippen molar-refractivity contribution in [3.63, 3.8) is 0 Å². The molecule has 0 bridgehead atoms. The lowest BCUT2D eigenvalue weighted by Crippen LogP contribution is -2.27. The maximum absolute atomic E-state index is 12.0. The molecular weight excluding hydrogens is 325 g/mol. The van der Waals surface area contributed by atoms with Crippen LogP contribution in [0.3, 0.4) is 0 Å². The van der Waals surface area contributed by atoms with E-state index in [4.69, 9.17) is 23.2 Å². The fraction of sp³-hybridized carbons (Fsp3) is 0.333. The normalized spacial score (nSPS) is 13.7. The highest BCUT2D eigenvalue weighted by molar-refractivity contribution is 6.34. The predicted octanol–water partition coefficient (Wildman–Crippen LogP) is 3.03. The number of aryl methyl sites for hydroxylation is 1. The summed E-state index contributed by atoms with van der Waals surface area (Å²) in [4.78, 5) is 12.0. The molecule has 0 unspecified atom stereocenters. The van der Waals surface area contributed by atoms with E-state index in [1.54, 1.807) is 29.1 Å². The van der Waals surface area contributed by atoms with Gasteiger partial charge in [-0.1, -0.05) is 23.2 Å². The molecule has 1 amide bonds. The number of hydrogen-bond acceptors (Lipinski definition) is 3. The highest BCUT2D eigenvalue weighted by Gasteiger charge is 2.17. The van der Waals surface area contributed by atoms with Crippen LogP contribution in [0.25, 0.3) is 0 Å². The van der Waals surface area contributed by atoms with E-state index in [1.807, 2.05) is 20.2 Å². The number of benzene rings is 1. The average Bonchev–Trinajstić information content (AvgIpc) is 2.84. The third-order valence-corrected chi connectivity index (χ3v) is 3.69. The summed E-state index contributed by atoms with van der Waals surface area (Å²) in [6.07, 6.45) is 2.50. The van der Waals surface area contributed by atoms with Crippen molar-refractivity contribution < 1.29 is 9.90 Å². The van der Waals surface area contributed by atoms with Crippen LogP contribution in [0.2, 0.25) is 10.0 Å². The number of aliphatic hydroxyl groups is 1. The van der Waals surface area contributed by atoms with Crippen molar-refractivity contribution in [3.05, 3.63) is 51.8 Å². The second kappa shape index (κ2) is 7.13. The Hall–Kier alpha value is -1.56. The van der Waals surface area contributed by atoms with E-state index >= 15 is 0 Å². The number of hydrogen-bond donors (Lipinski definition) is 2. The molecule has 0 radical (unpaired) electrons. The first-order valence-corrected chi connectivity index (χ1v) is 7.52. The Morgan fingerprint density at radius 3 is 2.50 bits per heavy atom. The number of halogens is 2. The van der Waals surface area contributed by atoms with E-state index in [1.165, 1.54) is 0 Å². The lowest BCUT2D eigenvalue weighted by atomic mass is 10.1. The van der Waals surface area contributed by atoms with Crippen LogP contribution in [0.15, 0.2) is 30.6 Å². The molecule has 118 valence electrons. The third kappa shape index (κ3) is 4.47. The van der Waals surface area contributed by atoms with Gasteiger partial charge in [0.2, 0.25) is 5.91 Å². The highest BCUT2D eigenvalue weighted by atomic mass is 35.5. The van der Waals surface area contributed by atoms with Crippen molar-refractivity contribution in [1.29, 1.82) is 0 Å².